The average Bonchev–Trinajstić information content (AvgIpc) is 2.16. The number of esters is 1. The molecular weight excluding hydrogens is 210 g/mol. The van der Waals surface area contributed by atoms with Crippen molar-refractivity contribution in [2.24, 2.45) is 0 Å². The minimum atomic E-state index is -0.126. The Kier molecular flexibility index (Phi) is 10.2. The molecule has 0 amide bonds. The lowest BCUT2D eigenvalue weighted by Gasteiger charge is -2.01. The van der Waals surface area contributed by atoms with Crippen molar-refractivity contribution < 1.29 is 9.53 Å². The molecule has 1 N–H and O–H groups in total. The standard InChI is InChI=1S/C8H16ClNO2S/c1-12-8(11)4-2-3-7-13-10-6-5-9/h10H,2-7H2,1H3. The fraction of sp³-hybridized carbons (Fsp3) is 0.875. The number of nitrogens with one attached hydrogen (secondary N) is 1. The Bertz CT molecular complexity index is 135. The van der Waals surface area contributed by atoms with Crippen LogP contribution in [0.15, 0.2) is 0 Å². The van der Waals surface area contributed by atoms with Gasteiger partial charge in [0.1, 0.15) is 0 Å². The molecule has 0 aliphatic heterocycles. The van der Waals surface area contributed by atoms with E-state index in [0.717, 1.165) is 25.1 Å². The summed E-state index contributed by atoms with van der Waals surface area (Å²) in [6.07, 6.45) is 2.43. The second kappa shape index (κ2) is 10.2. The van der Waals surface area contributed by atoms with Crippen LogP contribution in [-0.2, 0) is 9.53 Å². The van der Waals surface area contributed by atoms with Gasteiger partial charge in [0.2, 0.25) is 0 Å². The van der Waals surface area contributed by atoms with Gasteiger partial charge in [-0.1, -0.05) is 11.9 Å². The molecule has 0 bridgehead atoms. The molecule has 0 aliphatic carbocycles. The maximum absolute atomic E-state index is 10.7. The van der Waals surface area contributed by atoms with Crippen LogP contribution in [-0.4, -0.2) is 31.3 Å². The van der Waals surface area contributed by atoms with Crippen LogP contribution in [0.2, 0.25) is 0 Å². The van der Waals surface area contributed by atoms with E-state index < -0.39 is 0 Å². The molecule has 0 unspecified atom stereocenters. The summed E-state index contributed by atoms with van der Waals surface area (Å²) >= 11 is 7.12. The van der Waals surface area contributed by atoms with Crippen molar-refractivity contribution in [1.29, 1.82) is 0 Å². The molecule has 0 aliphatic rings. The Morgan fingerprint density at radius 3 is 2.92 bits per heavy atom. The van der Waals surface area contributed by atoms with Gasteiger partial charge in [-0.05, 0) is 12.8 Å². The van der Waals surface area contributed by atoms with Gasteiger partial charge in [0.25, 0.3) is 0 Å². The number of hydrogen-bond donors (Lipinski definition) is 1. The zero-order valence-corrected chi connectivity index (χ0v) is 9.42. The van der Waals surface area contributed by atoms with E-state index in [0.29, 0.717) is 12.3 Å². The minimum absolute atomic E-state index is 0.126. The highest BCUT2D eigenvalue weighted by Gasteiger charge is 1.98. The molecule has 5 heteroatoms. The first-order chi connectivity index (χ1) is 6.31. The first-order valence-corrected chi connectivity index (χ1v) is 5.80. The molecule has 78 valence electrons. The number of alkyl halides is 1. The second-order valence-corrected chi connectivity index (χ2v) is 3.83. The third-order valence-corrected chi connectivity index (χ3v) is 2.49. The number of carbonyl (C=O) groups excluding carboxylic acids is 1. The SMILES string of the molecule is COC(=O)CCCCSNCCCl. The van der Waals surface area contributed by atoms with Crippen LogP contribution < -0.4 is 4.72 Å². The smallest absolute Gasteiger partial charge is 0.305 e. The van der Waals surface area contributed by atoms with Crippen LogP contribution in [0.3, 0.4) is 0 Å². The second-order valence-electron chi connectivity index (χ2n) is 2.47. The topological polar surface area (TPSA) is 38.3 Å². The maximum atomic E-state index is 10.7. The van der Waals surface area contributed by atoms with Crippen molar-refractivity contribution in [3.8, 4) is 0 Å². The van der Waals surface area contributed by atoms with Crippen LogP contribution in [0.5, 0.6) is 0 Å². The highest BCUT2D eigenvalue weighted by Crippen LogP contribution is 2.03. The van der Waals surface area contributed by atoms with Gasteiger partial charge in [-0.25, -0.2) is 0 Å². The number of rotatable bonds is 8. The maximum Gasteiger partial charge on any atom is 0.305 e. The van der Waals surface area contributed by atoms with Gasteiger partial charge in [-0.15, -0.1) is 11.6 Å². The molecule has 13 heavy (non-hydrogen) atoms. The van der Waals surface area contributed by atoms with Gasteiger partial charge < -0.3 is 4.74 Å². The number of unbranched alkanes of at least 4 members (excludes halogenated alkanes) is 1. The van der Waals surface area contributed by atoms with Gasteiger partial charge in [0.05, 0.1) is 7.11 Å². The van der Waals surface area contributed by atoms with Gasteiger partial charge in [-0.3, -0.25) is 9.52 Å². The lowest BCUT2D eigenvalue weighted by molar-refractivity contribution is -0.140. The molecule has 0 atom stereocenters. The number of ether oxygens (including phenoxy) is 1. The summed E-state index contributed by atoms with van der Waals surface area (Å²) < 4.78 is 7.62. The van der Waals surface area contributed by atoms with E-state index in [1.807, 2.05) is 0 Å². The Labute approximate surface area is 88.7 Å². The van der Waals surface area contributed by atoms with Crippen molar-refractivity contribution in [3.05, 3.63) is 0 Å². The van der Waals surface area contributed by atoms with E-state index in [1.165, 1.54) is 7.11 Å². The van der Waals surface area contributed by atoms with Crippen LogP contribution in [0, 0.1) is 0 Å². The lowest BCUT2D eigenvalue weighted by Crippen LogP contribution is -2.07. The summed E-state index contributed by atoms with van der Waals surface area (Å²) in [6, 6.07) is 0. The van der Waals surface area contributed by atoms with Crippen LogP contribution in [0.25, 0.3) is 0 Å². The van der Waals surface area contributed by atoms with Crippen molar-refractivity contribution in [2.45, 2.75) is 19.3 Å². The predicted octanol–water partition coefficient (Wildman–Crippen LogP) is 1.81. The number of carbonyl (C=O) groups is 1. The van der Waals surface area contributed by atoms with Crippen molar-refractivity contribution in [3.63, 3.8) is 0 Å². The summed E-state index contributed by atoms with van der Waals surface area (Å²) in [5, 5.41) is 0. The molecule has 0 saturated heterocycles. The molecular formula is C8H16ClNO2S. The highest BCUT2D eigenvalue weighted by molar-refractivity contribution is 7.97. The molecule has 3 nitrogen and oxygen atoms in total. The van der Waals surface area contributed by atoms with Gasteiger partial charge >= 0.3 is 5.97 Å². The number of hydrogen-bond acceptors (Lipinski definition) is 4. The zero-order chi connectivity index (χ0) is 9.94. The average molecular weight is 226 g/mol. The molecule has 0 aromatic carbocycles. The van der Waals surface area contributed by atoms with Gasteiger partial charge in [0.15, 0.2) is 0 Å². The van der Waals surface area contributed by atoms with Crippen molar-refractivity contribution in [1.82, 2.24) is 4.72 Å². The van der Waals surface area contributed by atoms with Crippen molar-refractivity contribution >= 4 is 29.5 Å². The van der Waals surface area contributed by atoms with E-state index in [-0.39, 0.29) is 5.97 Å². The zero-order valence-electron chi connectivity index (χ0n) is 7.85. The third-order valence-electron chi connectivity index (χ3n) is 1.40. The molecule has 0 radical (unpaired) electrons. The van der Waals surface area contributed by atoms with Crippen LogP contribution in [0.1, 0.15) is 19.3 Å². The van der Waals surface area contributed by atoms with Gasteiger partial charge in [-0.2, -0.15) is 0 Å². The normalized spacial score (nSPS) is 10.0. The van der Waals surface area contributed by atoms with E-state index in [9.17, 15) is 4.79 Å². The van der Waals surface area contributed by atoms with E-state index in [1.54, 1.807) is 11.9 Å². The summed E-state index contributed by atoms with van der Waals surface area (Å²) in [7, 11) is 1.42. The quantitative estimate of drug-likeness (QED) is 0.296. The number of halogens is 1. The highest BCUT2D eigenvalue weighted by atomic mass is 35.5. The molecule has 0 rings (SSSR count). The molecule has 0 fully saturated rings. The Morgan fingerprint density at radius 1 is 1.54 bits per heavy atom. The first kappa shape index (κ1) is 13.1. The lowest BCUT2D eigenvalue weighted by atomic mass is 10.2. The Balaban J connectivity index is 2.95. The van der Waals surface area contributed by atoms with Gasteiger partial charge in [0, 0.05) is 24.6 Å². The molecule has 0 heterocycles. The van der Waals surface area contributed by atoms with Crippen LogP contribution >= 0.6 is 23.5 Å². The molecule has 0 spiro atoms. The number of methoxy groups -OCH3 is 1. The largest absolute Gasteiger partial charge is 0.469 e. The predicted molar refractivity (Wildman–Crippen MR) is 57.0 cm³/mol. The minimum Gasteiger partial charge on any atom is -0.469 e. The fourth-order valence-corrected chi connectivity index (χ4v) is 1.67. The Hall–Kier alpha value is 0.0700. The fourth-order valence-electron chi connectivity index (χ4n) is 0.729. The molecule has 0 aromatic rings. The van der Waals surface area contributed by atoms with Crippen LogP contribution in [0.4, 0.5) is 0 Å². The third kappa shape index (κ3) is 9.99. The summed E-state index contributed by atoms with van der Waals surface area (Å²) in [4.78, 5) is 10.7. The van der Waals surface area contributed by atoms with E-state index in [4.69, 9.17) is 11.6 Å². The van der Waals surface area contributed by atoms with Crippen molar-refractivity contribution in [2.75, 3.05) is 25.3 Å². The monoisotopic (exact) mass is 225 g/mol. The Morgan fingerprint density at radius 2 is 2.31 bits per heavy atom. The van der Waals surface area contributed by atoms with E-state index >= 15 is 0 Å². The summed E-state index contributed by atoms with van der Waals surface area (Å²) in [5.74, 6) is 1.52. The molecule has 0 aromatic heterocycles. The van der Waals surface area contributed by atoms with E-state index in [2.05, 4.69) is 9.46 Å². The molecule has 0 saturated carbocycles. The first-order valence-electron chi connectivity index (χ1n) is 4.28. The summed E-state index contributed by atoms with van der Waals surface area (Å²) in [5.41, 5.74) is 0. The summed E-state index contributed by atoms with van der Waals surface area (Å²) in [6.45, 7) is 0.823.